The van der Waals surface area contributed by atoms with Gasteiger partial charge in [0.15, 0.2) is 5.82 Å². The van der Waals surface area contributed by atoms with Gasteiger partial charge in [0.1, 0.15) is 35.4 Å². The Bertz CT molecular complexity index is 3510. The number of nitrogens with one attached hydrogen (secondary N) is 2. The normalized spacial score (nSPS) is 16.9. The summed E-state index contributed by atoms with van der Waals surface area (Å²) in [5.41, 5.74) is -1.89. The zero-order chi connectivity index (χ0) is 48.2. The maximum atomic E-state index is 15.6. The number of alkyl halides is 4. The zero-order valence-corrected chi connectivity index (χ0v) is 37.8. The van der Waals surface area contributed by atoms with Gasteiger partial charge in [0.25, 0.3) is 17.9 Å². The molecule has 1 saturated carbocycles. The molecule has 9 rings (SSSR count). The predicted octanol–water partition coefficient (Wildman–Crippen LogP) is 7.08. The Morgan fingerprint density at radius 3 is 2.36 bits per heavy atom. The van der Waals surface area contributed by atoms with Crippen LogP contribution in [-0.2, 0) is 50.8 Å². The molecule has 2 N–H and O–H groups in total. The summed E-state index contributed by atoms with van der Waals surface area (Å²) in [5.74, 6) is -9.36. The smallest absolute Gasteiger partial charge is 0.293 e. The monoisotopic (exact) mass is 987 g/mol. The Morgan fingerprint density at radius 1 is 0.985 bits per heavy atom. The van der Waals surface area contributed by atoms with Gasteiger partial charge in [-0.05, 0) is 65.9 Å². The van der Waals surface area contributed by atoms with E-state index in [2.05, 4.69) is 20.2 Å². The van der Waals surface area contributed by atoms with Crippen LogP contribution < -0.4 is 19.9 Å². The van der Waals surface area contributed by atoms with Crippen LogP contribution >= 0.6 is 11.6 Å². The van der Waals surface area contributed by atoms with Gasteiger partial charge in [0.2, 0.25) is 26.0 Å². The Balaban J connectivity index is 1.28. The summed E-state index contributed by atoms with van der Waals surface area (Å²) in [6.45, 7) is -1.03. The van der Waals surface area contributed by atoms with E-state index < -0.39 is 97.7 Å². The zero-order valence-electron chi connectivity index (χ0n) is 35.4. The molecule has 1 fully saturated rings. The number of aryl methyl sites for hydroxylation is 1. The molecule has 0 radical (unpaired) electrons. The Morgan fingerprint density at radius 2 is 1.69 bits per heavy atom. The summed E-state index contributed by atoms with van der Waals surface area (Å²) < 4.78 is 146. The first kappa shape index (κ1) is 45.7. The second kappa shape index (κ2) is 16.1. The van der Waals surface area contributed by atoms with E-state index in [0.717, 1.165) is 33.5 Å². The van der Waals surface area contributed by atoms with Gasteiger partial charge in [-0.2, -0.15) is 19.0 Å². The molecule has 0 bridgehead atoms. The molecule has 0 saturated heterocycles. The van der Waals surface area contributed by atoms with Crippen molar-refractivity contribution < 1.29 is 48.0 Å². The van der Waals surface area contributed by atoms with E-state index in [-0.39, 0.29) is 67.4 Å². The van der Waals surface area contributed by atoms with Gasteiger partial charge in [-0.15, -0.1) is 0 Å². The molecule has 3 atom stereocenters. The molecular weight excluding hydrogens is 952 g/mol. The number of carbonyl (C=O) groups is 1. The Hall–Kier alpha value is -6.46. The molecule has 0 unspecified atom stereocenters. The number of hydrogen-bond acceptors (Lipinski definition) is 9. The van der Waals surface area contributed by atoms with E-state index in [4.69, 9.17) is 16.6 Å². The van der Waals surface area contributed by atoms with Crippen LogP contribution in [0.4, 0.5) is 37.8 Å². The highest BCUT2D eigenvalue weighted by Gasteiger charge is 2.67. The van der Waals surface area contributed by atoms with Gasteiger partial charge in [0.05, 0.1) is 56.8 Å². The maximum Gasteiger partial charge on any atom is 0.293 e. The lowest BCUT2D eigenvalue weighted by Crippen LogP contribution is -2.38. The van der Waals surface area contributed by atoms with Gasteiger partial charge in [0, 0.05) is 43.6 Å². The van der Waals surface area contributed by atoms with Crippen molar-refractivity contribution in [2.75, 3.05) is 28.6 Å². The van der Waals surface area contributed by atoms with E-state index in [1.54, 1.807) is 30.3 Å². The fourth-order valence-electron chi connectivity index (χ4n) is 8.92. The molecule has 0 aliphatic heterocycles. The third-order valence-electron chi connectivity index (χ3n) is 11.9. The fraction of sp³-hybridized carbons (Fsp3) is 0.279. The molecule has 24 heteroatoms. The van der Waals surface area contributed by atoms with Crippen LogP contribution in [-0.4, -0.2) is 71.4 Å². The number of carbonyl (C=O) groups excluding carboxylic acids is 1. The topological polar surface area (TPSA) is 183 Å². The molecule has 1 amide bonds. The Kier molecular flexibility index (Phi) is 11.0. The average molecular weight is 988 g/mol. The van der Waals surface area contributed by atoms with Crippen LogP contribution in [0.3, 0.4) is 0 Å². The lowest BCUT2D eigenvalue weighted by Gasteiger charge is -2.24. The molecule has 15 nitrogen and oxygen atoms in total. The van der Waals surface area contributed by atoms with Crippen LogP contribution in [0.15, 0.2) is 77.6 Å². The Labute approximate surface area is 382 Å². The number of nitrogens with zero attached hydrogens (tertiary/aromatic N) is 7. The first-order valence-electron chi connectivity index (χ1n) is 20.2. The van der Waals surface area contributed by atoms with Gasteiger partial charge in [-0.1, -0.05) is 35.9 Å². The first-order valence-corrected chi connectivity index (χ1v) is 24.3. The van der Waals surface area contributed by atoms with Crippen molar-refractivity contribution in [1.29, 1.82) is 0 Å². The summed E-state index contributed by atoms with van der Waals surface area (Å²) in [5, 5.41) is 10.7. The van der Waals surface area contributed by atoms with E-state index >= 15 is 13.6 Å². The van der Waals surface area contributed by atoms with Crippen molar-refractivity contribution in [3.8, 4) is 16.8 Å². The number of benzene rings is 4. The molecule has 7 aromatic rings. The van der Waals surface area contributed by atoms with Gasteiger partial charge >= 0.3 is 0 Å². The van der Waals surface area contributed by atoms with Crippen molar-refractivity contribution >= 4 is 70.9 Å². The SMILES string of the molecule is CN(c1ccccc1-c1ccc2c(=O)n(-c3ccc(Cl)c4c(NS(C)(=O)=O)nn(C)c34)c([C@H](Cc3cc(F)cc(F)c3)NC(=O)Cn3nc(C(F)F)c4c3C(F)(F)[C@@H]3C[C@H]43)nc2c1)S(C)(=O)=O. The second-order valence-electron chi connectivity index (χ2n) is 16.5. The molecule has 4 aromatic carbocycles. The van der Waals surface area contributed by atoms with Crippen molar-refractivity contribution in [1.82, 2.24) is 34.4 Å². The second-order valence-corrected chi connectivity index (χ2v) is 20.7. The highest BCUT2D eigenvalue weighted by Crippen LogP contribution is 2.68. The number of sulfonamides is 2. The summed E-state index contributed by atoms with van der Waals surface area (Å²) in [6, 6.07) is 14.5. The maximum absolute atomic E-state index is 15.6. The molecule has 3 heterocycles. The van der Waals surface area contributed by atoms with Gasteiger partial charge in [-0.25, -0.2) is 39.4 Å². The number of halogens is 7. The lowest BCUT2D eigenvalue weighted by molar-refractivity contribution is -0.123. The summed E-state index contributed by atoms with van der Waals surface area (Å²) in [6.07, 6.45) is -1.90. The van der Waals surface area contributed by atoms with Crippen molar-refractivity contribution in [3.63, 3.8) is 0 Å². The van der Waals surface area contributed by atoms with Gasteiger partial charge in [-0.3, -0.25) is 32.5 Å². The third kappa shape index (κ3) is 8.15. The minimum absolute atomic E-state index is 0.00633. The quantitative estimate of drug-likeness (QED) is 0.114. The van der Waals surface area contributed by atoms with Gasteiger partial charge < -0.3 is 5.32 Å². The first-order chi connectivity index (χ1) is 31.4. The summed E-state index contributed by atoms with van der Waals surface area (Å²) in [4.78, 5) is 34.3. The minimum Gasteiger partial charge on any atom is -0.344 e. The molecule has 350 valence electrons. The highest BCUT2D eigenvalue weighted by molar-refractivity contribution is 7.92. The third-order valence-corrected chi connectivity index (χ3v) is 13.9. The van der Waals surface area contributed by atoms with Crippen molar-refractivity contribution in [2.24, 2.45) is 13.0 Å². The number of para-hydroxylation sites is 1. The number of rotatable bonds is 13. The molecule has 3 aromatic heterocycles. The molecule has 2 aliphatic rings. The van der Waals surface area contributed by atoms with Crippen molar-refractivity contribution in [3.05, 3.63) is 128 Å². The number of fused-ring (bicyclic) bond motifs is 5. The van der Waals surface area contributed by atoms with E-state index in [1.165, 1.54) is 43.0 Å². The van der Waals surface area contributed by atoms with Crippen LogP contribution in [0.25, 0.3) is 38.6 Å². The molecule has 67 heavy (non-hydrogen) atoms. The largest absolute Gasteiger partial charge is 0.344 e. The van der Waals surface area contributed by atoms with Crippen LogP contribution in [0, 0.1) is 17.6 Å². The van der Waals surface area contributed by atoms with E-state index in [9.17, 15) is 39.2 Å². The molecule has 2 aliphatic carbocycles. The van der Waals surface area contributed by atoms with Crippen molar-refractivity contribution in [2.45, 2.75) is 43.7 Å². The number of anilines is 2. The molecular formula is C43H36ClF6N9O6S2. The summed E-state index contributed by atoms with van der Waals surface area (Å²) >= 11 is 6.65. The number of hydrogen-bond donors (Lipinski definition) is 2. The fourth-order valence-corrected chi connectivity index (χ4v) is 10.2. The number of amides is 1. The highest BCUT2D eigenvalue weighted by atomic mass is 35.5. The lowest BCUT2D eigenvalue weighted by atomic mass is 10.0. The summed E-state index contributed by atoms with van der Waals surface area (Å²) in [7, 11) is -4.95. The minimum atomic E-state index is -3.95. The van der Waals surface area contributed by atoms with E-state index in [1.807, 2.05) is 0 Å². The van der Waals surface area contributed by atoms with Crippen LogP contribution in [0.5, 0.6) is 0 Å². The van der Waals surface area contributed by atoms with Crippen LogP contribution in [0.1, 0.15) is 53.1 Å². The standard InChI is InChI=1S/C43H36ClF6N9O6S2/c1-56-37-32(12-11-28(44)35(37)40(54-56)55-66(3,62)63)59-41(52-29-16-21(9-10-25(29)42(59)61)24-7-5-6-8-31(24)57(2)67(4,64)65)30(15-20-13-22(45)17-23(46)14-20)51-33(60)19-58-38-34(36(53-58)39(47)48)26-18-27(26)43(38,49)50/h5-14,16-17,26-27,30,39H,15,18-19H2,1-4H3,(H,51,60)(H,54,55)/t26-,27+,30-/m0/s1. The molecule has 0 spiro atoms. The average Bonchev–Trinajstić information content (AvgIpc) is 3.78. The van der Waals surface area contributed by atoms with E-state index in [0.29, 0.717) is 21.9 Å². The van der Waals surface area contributed by atoms with Crippen LogP contribution in [0.2, 0.25) is 5.02 Å². The number of aromatic nitrogens is 6. The predicted molar refractivity (Wildman–Crippen MR) is 237 cm³/mol.